The zero-order valence-corrected chi connectivity index (χ0v) is 7.68. The summed E-state index contributed by atoms with van der Waals surface area (Å²) in [5, 5.41) is 16.9. The molecular formula is C8H20O2. The summed E-state index contributed by atoms with van der Waals surface area (Å²) in [6.07, 6.45) is 0.745. The minimum atomic E-state index is -0.500. The van der Waals surface area contributed by atoms with E-state index in [2.05, 4.69) is 0 Å². The van der Waals surface area contributed by atoms with Gasteiger partial charge in [0.25, 0.3) is 0 Å². The van der Waals surface area contributed by atoms with E-state index >= 15 is 0 Å². The lowest BCUT2D eigenvalue weighted by atomic mass is 10.2. The molecule has 1 unspecified atom stereocenters. The maximum atomic E-state index is 8.52. The van der Waals surface area contributed by atoms with Crippen molar-refractivity contribution in [1.82, 2.24) is 0 Å². The number of aliphatic hydroxyl groups excluding tert-OH is 1. The zero-order valence-electron chi connectivity index (χ0n) is 7.68. The van der Waals surface area contributed by atoms with Crippen molar-refractivity contribution < 1.29 is 10.2 Å². The number of aliphatic hydroxyl groups is 2. The molecule has 0 bridgehead atoms. The summed E-state index contributed by atoms with van der Waals surface area (Å²) < 4.78 is 0. The molecule has 0 saturated carbocycles. The Hall–Kier alpha value is -0.0800. The topological polar surface area (TPSA) is 40.5 Å². The van der Waals surface area contributed by atoms with Gasteiger partial charge in [0.05, 0.1) is 11.7 Å². The maximum Gasteiger partial charge on any atom is 0.0563 e. The Labute approximate surface area is 63.9 Å². The lowest BCUT2D eigenvalue weighted by Gasteiger charge is -2.04. The van der Waals surface area contributed by atoms with E-state index in [1.165, 1.54) is 0 Å². The molecule has 2 nitrogen and oxygen atoms in total. The van der Waals surface area contributed by atoms with Crippen LogP contribution in [0.3, 0.4) is 0 Å². The van der Waals surface area contributed by atoms with Crippen LogP contribution < -0.4 is 0 Å². The molecule has 0 radical (unpaired) electrons. The van der Waals surface area contributed by atoms with Crippen molar-refractivity contribution in [3.63, 3.8) is 0 Å². The van der Waals surface area contributed by atoms with E-state index in [1.807, 2.05) is 6.92 Å². The van der Waals surface area contributed by atoms with Crippen LogP contribution in [-0.4, -0.2) is 21.9 Å². The van der Waals surface area contributed by atoms with Gasteiger partial charge in [-0.1, -0.05) is 6.92 Å². The second-order valence-corrected chi connectivity index (χ2v) is 3.43. The van der Waals surface area contributed by atoms with Gasteiger partial charge in [-0.2, -0.15) is 0 Å². The van der Waals surface area contributed by atoms with Crippen molar-refractivity contribution in [3.05, 3.63) is 0 Å². The molecule has 0 aliphatic carbocycles. The van der Waals surface area contributed by atoms with E-state index in [-0.39, 0.29) is 6.10 Å². The Kier molecular flexibility index (Phi) is 7.15. The van der Waals surface area contributed by atoms with Gasteiger partial charge in [-0.25, -0.2) is 0 Å². The molecule has 0 aliphatic heterocycles. The molecule has 0 aromatic heterocycles. The van der Waals surface area contributed by atoms with Crippen LogP contribution in [0, 0.1) is 0 Å². The van der Waals surface area contributed by atoms with Crippen molar-refractivity contribution in [2.75, 3.05) is 0 Å². The first-order valence-corrected chi connectivity index (χ1v) is 3.67. The van der Waals surface area contributed by atoms with Gasteiger partial charge >= 0.3 is 0 Å². The Bertz CT molecular complexity index is 56.1. The average Bonchev–Trinajstić information content (AvgIpc) is 1.61. The van der Waals surface area contributed by atoms with Crippen LogP contribution in [0.1, 0.15) is 41.0 Å². The fourth-order valence-electron chi connectivity index (χ4n) is 0. The van der Waals surface area contributed by atoms with Crippen LogP contribution in [0.2, 0.25) is 0 Å². The monoisotopic (exact) mass is 148 g/mol. The fourth-order valence-corrected chi connectivity index (χ4v) is 0. The Morgan fingerprint density at radius 3 is 1.40 bits per heavy atom. The SMILES string of the molecule is CC(C)(C)O.CCC(C)O. The summed E-state index contributed by atoms with van der Waals surface area (Å²) in [4.78, 5) is 0. The summed E-state index contributed by atoms with van der Waals surface area (Å²) in [7, 11) is 0. The van der Waals surface area contributed by atoms with Crippen molar-refractivity contribution in [3.8, 4) is 0 Å². The molecule has 0 aromatic rings. The highest BCUT2D eigenvalue weighted by atomic mass is 16.3. The van der Waals surface area contributed by atoms with Crippen LogP contribution in [0.4, 0.5) is 0 Å². The van der Waals surface area contributed by atoms with E-state index in [0.29, 0.717) is 0 Å². The van der Waals surface area contributed by atoms with Crippen molar-refractivity contribution in [2.24, 2.45) is 0 Å². The first kappa shape index (κ1) is 12.6. The van der Waals surface area contributed by atoms with Gasteiger partial charge in [-0.3, -0.25) is 0 Å². The fraction of sp³-hybridized carbons (Fsp3) is 1.00. The molecule has 0 rings (SSSR count). The maximum absolute atomic E-state index is 8.52. The molecule has 64 valence electrons. The molecule has 2 heteroatoms. The van der Waals surface area contributed by atoms with E-state index in [9.17, 15) is 0 Å². The number of rotatable bonds is 1. The van der Waals surface area contributed by atoms with Gasteiger partial charge in [-0.15, -0.1) is 0 Å². The summed E-state index contributed by atoms with van der Waals surface area (Å²) in [5.41, 5.74) is -0.500. The van der Waals surface area contributed by atoms with Gasteiger partial charge in [-0.05, 0) is 34.1 Å². The first-order chi connectivity index (χ1) is 4.27. The zero-order chi connectivity index (χ0) is 8.78. The quantitative estimate of drug-likeness (QED) is 0.592. The molecule has 0 aliphatic rings. The van der Waals surface area contributed by atoms with Crippen molar-refractivity contribution in [1.29, 1.82) is 0 Å². The Morgan fingerprint density at radius 2 is 1.40 bits per heavy atom. The van der Waals surface area contributed by atoms with Crippen molar-refractivity contribution in [2.45, 2.75) is 52.7 Å². The third-order valence-corrected chi connectivity index (χ3v) is 0.591. The molecular weight excluding hydrogens is 128 g/mol. The third kappa shape index (κ3) is 103. The molecule has 0 fully saturated rings. The second-order valence-electron chi connectivity index (χ2n) is 3.43. The van der Waals surface area contributed by atoms with Crippen LogP contribution in [0.5, 0.6) is 0 Å². The Morgan fingerprint density at radius 1 is 1.30 bits per heavy atom. The van der Waals surface area contributed by atoms with Crippen LogP contribution >= 0.6 is 0 Å². The van der Waals surface area contributed by atoms with Crippen LogP contribution in [-0.2, 0) is 0 Å². The van der Waals surface area contributed by atoms with Gasteiger partial charge < -0.3 is 10.2 Å². The van der Waals surface area contributed by atoms with E-state index in [4.69, 9.17) is 10.2 Å². The van der Waals surface area contributed by atoms with Gasteiger partial charge in [0.2, 0.25) is 0 Å². The smallest absolute Gasteiger partial charge is 0.0563 e. The lowest BCUT2D eigenvalue weighted by molar-refractivity contribution is 0.102. The largest absolute Gasteiger partial charge is 0.393 e. The van der Waals surface area contributed by atoms with Crippen LogP contribution in [0.25, 0.3) is 0 Å². The van der Waals surface area contributed by atoms with E-state index < -0.39 is 5.60 Å². The Balaban J connectivity index is 0. The molecule has 10 heavy (non-hydrogen) atoms. The van der Waals surface area contributed by atoms with Gasteiger partial charge in [0, 0.05) is 0 Å². The van der Waals surface area contributed by atoms with Gasteiger partial charge in [0.15, 0.2) is 0 Å². The normalized spacial score (nSPS) is 13.5. The molecule has 0 spiro atoms. The predicted octanol–water partition coefficient (Wildman–Crippen LogP) is 1.55. The van der Waals surface area contributed by atoms with Crippen molar-refractivity contribution >= 4 is 0 Å². The summed E-state index contributed by atoms with van der Waals surface area (Å²) in [6, 6.07) is 0. The highest BCUT2D eigenvalue weighted by molar-refractivity contribution is 4.50. The highest BCUT2D eigenvalue weighted by Gasteiger charge is 1.97. The molecule has 0 aromatic carbocycles. The van der Waals surface area contributed by atoms with E-state index in [1.54, 1.807) is 27.7 Å². The summed E-state index contributed by atoms with van der Waals surface area (Å²) >= 11 is 0. The molecule has 1 atom stereocenters. The second kappa shape index (κ2) is 5.69. The number of hydrogen-bond acceptors (Lipinski definition) is 2. The number of hydrogen-bond donors (Lipinski definition) is 2. The highest BCUT2D eigenvalue weighted by Crippen LogP contribution is 1.93. The first-order valence-electron chi connectivity index (χ1n) is 3.67. The summed E-state index contributed by atoms with van der Waals surface area (Å²) in [6.45, 7) is 8.96. The predicted molar refractivity (Wildman–Crippen MR) is 43.9 cm³/mol. The minimum absolute atomic E-state index is 0.116. The molecule has 0 heterocycles. The third-order valence-electron chi connectivity index (χ3n) is 0.591. The average molecular weight is 148 g/mol. The van der Waals surface area contributed by atoms with Crippen LogP contribution in [0.15, 0.2) is 0 Å². The standard InChI is InChI=1S/2C4H10O/c1-4(2,3)5;1-3-4(2)5/h5H,1-3H3;4-5H,3H2,1-2H3. The lowest BCUT2D eigenvalue weighted by Crippen LogP contribution is -2.10. The minimum Gasteiger partial charge on any atom is -0.393 e. The molecule has 0 saturated heterocycles. The van der Waals surface area contributed by atoms with E-state index in [0.717, 1.165) is 6.42 Å². The van der Waals surface area contributed by atoms with Gasteiger partial charge in [0.1, 0.15) is 0 Å². The summed E-state index contributed by atoms with van der Waals surface area (Å²) in [5.74, 6) is 0. The molecule has 2 N–H and O–H groups in total. The molecule has 0 amide bonds.